The normalized spacial score (nSPS) is 14.2. The summed E-state index contributed by atoms with van der Waals surface area (Å²) in [5.41, 5.74) is 4.39. The molecule has 0 fully saturated rings. The molecule has 0 bridgehead atoms. The summed E-state index contributed by atoms with van der Waals surface area (Å²) >= 11 is 0. The molecule has 0 spiro atoms. The van der Waals surface area contributed by atoms with Gasteiger partial charge in [-0.15, -0.1) is 25.5 Å². The second-order valence-corrected chi connectivity index (χ2v) is 12.0. The fraction of sp³-hybridized carbons (Fsp3) is 0.808. The molecule has 0 aromatic carbocycles. The zero-order valence-corrected chi connectivity index (χ0v) is 24.6. The predicted molar refractivity (Wildman–Crippen MR) is 146 cm³/mol. The van der Waals surface area contributed by atoms with Crippen LogP contribution in [0, 0.1) is 28.6 Å². The van der Waals surface area contributed by atoms with Crippen LogP contribution < -0.4 is 11.1 Å². The number of rotatable bonds is 16. The highest BCUT2D eigenvalue weighted by atomic mass is 31.2. The molecule has 0 aliphatic carbocycles. The molecule has 9 heteroatoms. The average Bonchev–Trinajstić information content (AvgIpc) is 2.72. The third-order valence-electron chi connectivity index (χ3n) is 4.91. The van der Waals surface area contributed by atoms with Crippen molar-refractivity contribution in [2.45, 2.75) is 87.7 Å². The summed E-state index contributed by atoms with van der Waals surface area (Å²) in [6.45, 7) is 24.9. The fourth-order valence-electron chi connectivity index (χ4n) is 3.37. The molecule has 8 nitrogen and oxygen atoms in total. The van der Waals surface area contributed by atoms with Gasteiger partial charge in [0.2, 0.25) is 5.91 Å². The molecular weight excluding hydrogens is 467 g/mol. The van der Waals surface area contributed by atoms with Crippen molar-refractivity contribution in [3.63, 3.8) is 0 Å². The average molecular weight is 521 g/mol. The molecule has 0 radical (unpaired) electrons. The molecule has 2 atom stereocenters. The van der Waals surface area contributed by atoms with Crippen molar-refractivity contribution in [2.24, 2.45) is 22.0 Å². The lowest BCUT2D eigenvalue weighted by Gasteiger charge is -2.36. The first-order valence-corrected chi connectivity index (χ1v) is 13.6. The van der Waals surface area contributed by atoms with Gasteiger partial charge in [0.1, 0.15) is 0 Å². The van der Waals surface area contributed by atoms with Gasteiger partial charge in [-0.05, 0) is 57.4 Å². The molecule has 0 aromatic rings. The number of carbonyl (C=O) groups excluding carboxylic acids is 1. The number of phosphoric ester groups is 1. The Morgan fingerprint density at radius 2 is 1.69 bits per heavy atom. The van der Waals surface area contributed by atoms with Crippen LogP contribution in [0.4, 0.5) is 0 Å². The Bertz CT molecular complexity index is 659. The lowest BCUT2D eigenvalue weighted by molar-refractivity contribution is -0.131. The van der Waals surface area contributed by atoms with Crippen molar-refractivity contribution in [3.05, 3.63) is 13.2 Å². The second-order valence-electron chi connectivity index (χ2n) is 10.5. The molecule has 0 heterocycles. The van der Waals surface area contributed by atoms with E-state index in [-0.39, 0.29) is 36.1 Å². The van der Waals surface area contributed by atoms with Crippen molar-refractivity contribution < 1.29 is 28.0 Å². The Balaban J connectivity index is -0.00000189. The van der Waals surface area contributed by atoms with Gasteiger partial charge >= 0.3 is 7.82 Å². The van der Waals surface area contributed by atoms with Gasteiger partial charge in [-0.25, -0.2) is 4.57 Å². The molecule has 4 N–H and O–H groups in total. The van der Waals surface area contributed by atoms with Gasteiger partial charge in [0.05, 0.1) is 19.3 Å². The largest absolute Gasteiger partial charge is 0.472 e. The van der Waals surface area contributed by atoms with E-state index in [2.05, 4.69) is 44.7 Å². The third-order valence-corrected chi connectivity index (χ3v) is 5.95. The Kier molecular flexibility index (Phi) is 20.8. The zero-order valence-electron chi connectivity index (χ0n) is 23.7. The zero-order chi connectivity index (χ0) is 28.3. The van der Waals surface area contributed by atoms with Crippen molar-refractivity contribution in [2.75, 3.05) is 32.9 Å². The number of ether oxygens (including phenoxy) is 1. The lowest BCUT2D eigenvalue weighted by atomic mass is 9.75. The van der Waals surface area contributed by atoms with Gasteiger partial charge < -0.3 is 20.7 Å². The van der Waals surface area contributed by atoms with Crippen LogP contribution in [0.3, 0.4) is 0 Å². The van der Waals surface area contributed by atoms with Crippen LogP contribution in [0.2, 0.25) is 0 Å². The van der Waals surface area contributed by atoms with E-state index in [1.165, 1.54) is 0 Å². The molecule has 1 amide bonds. The van der Waals surface area contributed by atoms with E-state index in [0.717, 1.165) is 6.42 Å². The first-order chi connectivity index (χ1) is 16.0. The highest BCUT2D eigenvalue weighted by Crippen LogP contribution is 2.46. The maximum absolute atomic E-state index is 12.7. The summed E-state index contributed by atoms with van der Waals surface area (Å²) in [5, 5.41) is 3.06. The van der Waals surface area contributed by atoms with Crippen LogP contribution >= 0.6 is 7.82 Å². The van der Waals surface area contributed by atoms with Gasteiger partial charge in [-0.1, -0.05) is 41.5 Å². The number of carbonyl (C=O) groups is 1. The SMILES string of the molecule is C#CC.C=C.CCOP(=O)(O)OCC(C)(C)CC(C)(C)CNC(=O)C(C)(C)CCOC(C)CCN. The molecule has 0 rings (SSSR count). The minimum atomic E-state index is -4.02. The van der Waals surface area contributed by atoms with Crippen molar-refractivity contribution in [1.82, 2.24) is 5.32 Å². The highest BCUT2D eigenvalue weighted by molar-refractivity contribution is 7.47. The predicted octanol–water partition coefficient (Wildman–Crippen LogP) is 5.31. The summed E-state index contributed by atoms with van der Waals surface area (Å²) in [5.74, 6) is 2.23. The highest BCUT2D eigenvalue weighted by Gasteiger charge is 2.34. The second kappa shape index (κ2) is 19.0. The monoisotopic (exact) mass is 520 g/mol. The van der Waals surface area contributed by atoms with Crippen LogP contribution in [-0.4, -0.2) is 49.8 Å². The molecule has 0 saturated carbocycles. The van der Waals surface area contributed by atoms with Gasteiger partial charge in [0.15, 0.2) is 0 Å². The molecular formula is C26H53N2O6P. The van der Waals surface area contributed by atoms with Crippen LogP contribution in [0.15, 0.2) is 13.2 Å². The van der Waals surface area contributed by atoms with Crippen molar-refractivity contribution in [3.8, 4) is 12.3 Å². The van der Waals surface area contributed by atoms with Crippen LogP contribution in [0.5, 0.6) is 0 Å². The van der Waals surface area contributed by atoms with Crippen LogP contribution in [0.1, 0.15) is 81.6 Å². The Hall–Kier alpha value is -1.20. The van der Waals surface area contributed by atoms with Crippen molar-refractivity contribution >= 4 is 13.7 Å². The smallest absolute Gasteiger partial charge is 0.378 e. The summed E-state index contributed by atoms with van der Waals surface area (Å²) in [6, 6.07) is 0. The topological polar surface area (TPSA) is 120 Å². The number of phosphoric acid groups is 1. The summed E-state index contributed by atoms with van der Waals surface area (Å²) < 4.78 is 27.3. The molecule has 0 aliphatic heterocycles. The first kappa shape index (κ1) is 38.3. The number of nitrogens with two attached hydrogens (primary N) is 1. The van der Waals surface area contributed by atoms with Crippen molar-refractivity contribution in [1.29, 1.82) is 0 Å². The van der Waals surface area contributed by atoms with E-state index in [1.807, 2.05) is 34.6 Å². The lowest BCUT2D eigenvalue weighted by Crippen LogP contribution is -2.43. The molecule has 0 aromatic heterocycles. The number of nitrogens with one attached hydrogen (secondary N) is 1. The number of hydrogen-bond donors (Lipinski definition) is 3. The Morgan fingerprint density at radius 3 is 2.14 bits per heavy atom. The van der Waals surface area contributed by atoms with E-state index < -0.39 is 13.2 Å². The van der Waals surface area contributed by atoms with E-state index >= 15 is 0 Å². The summed E-state index contributed by atoms with van der Waals surface area (Å²) in [6.07, 6.45) is 6.80. The van der Waals surface area contributed by atoms with E-state index in [0.29, 0.717) is 32.5 Å². The number of hydrogen-bond acceptors (Lipinski definition) is 6. The standard InChI is InChI=1S/C21H45N2O6P.C3H4.C2H4/c1-9-28-30(25,26)29-16-20(5,6)14-19(3,4)15-23-18(24)21(7,8)11-13-27-17(2)10-12-22;1-3-2;1-2/h17H,9-16,22H2,1-8H3,(H,23,24)(H,25,26);1H,2H3;1-2H2. The van der Waals surface area contributed by atoms with Gasteiger partial charge in [0, 0.05) is 18.6 Å². The molecule has 35 heavy (non-hydrogen) atoms. The van der Waals surface area contributed by atoms with Gasteiger partial charge in [-0.3, -0.25) is 13.8 Å². The van der Waals surface area contributed by atoms with E-state index in [9.17, 15) is 14.3 Å². The molecule has 208 valence electrons. The Labute approximate surface area is 215 Å². The minimum absolute atomic E-state index is 0.0177. The first-order valence-electron chi connectivity index (χ1n) is 12.1. The quantitative estimate of drug-likeness (QED) is 0.143. The maximum Gasteiger partial charge on any atom is 0.472 e. The minimum Gasteiger partial charge on any atom is -0.378 e. The summed E-state index contributed by atoms with van der Waals surface area (Å²) in [4.78, 5) is 22.3. The Morgan fingerprint density at radius 1 is 1.17 bits per heavy atom. The summed E-state index contributed by atoms with van der Waals surface area (Å²) in [7, 11) is -4.02. The van der Waals surface area contributed by atoms with Crippen LogP contribution in [0.25, 0.3) is 0 Å². The maximum atomic E-state index is 12.7. The van der Waals surface area contributed by atoms with Gasteiger partial charge in [-0.2, -0.15) is 0 Å². The molecule has 0 aliphatic rings. The van der Waals surface area contributed by atoms with E-state index in [4.69, 9.17) is 19.5 Å². The van der Waals surface area contributed by atoms with Crippen LogP contribution in [-0.2, 0) is 23.1 Å². The number of amides is 1. The third kappa shape index (κ3) is 21.8. The number of terminal acetylenes is 1. The van der Waals surface area contributed by atoms with Gasteiger partial charge in [0.25, 0.3) is 0 Å². The molecule has 0 saturated heterocycles. The van der Waals surface area contributed by atoms with E-state index in [1.54, 1.807) is 13.8 Å². The molecule has 2 unspecified atom stereocenters. The fourth-order valence-corrected chi connectivity index (χ4v) is 4.28.